The van der Waals surface area contributed by atoms with E-state index < -0.39 is 5.97 Å². The Hall–Kier alpha value is -2.87. The van der Waals surface area contributed by atoms with Crippen molar-refractivity contribution < 1.29 is 14.7 Å². The smallest absolute Gasteiger partial charge is 0.300 e. The largest absolute Gasteiger partial charge is 0.481 e. The lowest BCUT2D eigenvalue weighted by Gasteiger charge is -2.47. The number of likely N-dealkylation sites (N-methyl/N-ethyl adjacent to an activating group) is 1. The third-order valence-corrected chi connectivity index (χ3v) is 9.29. The van der Waals surface area contributed by atoms with Crippen LogP contribution in [0.3, 0.4) is 0 Å². The lowest BCUT2D eigenvalue weighted by atomic mass is 9.93. The van der Waals surface area contributed by atoms with E-state index in [0.29, 0.717) is 33.7 Å². The van der Waals surface area contributed by atoms with Crippen LogP contribution in [0, 0.1) is 11.3 Å². The molecule has 1 atom stereocenters. The van der Waals surface area contributed by atoms with Crippen LogP contribution in [0.2, 0.25) is 10.0 Å². The predicted molar refractivity (Wildman–Crippen MR) is 170 cm³/mol. The molecule has 1 N–H and O–H groups in total. The Labute approximate surface area is 261 Å². The Morgan fingerprint density at radius 2 is 1.83 bits per heavy atom. The van der Waals surface area contributed by atoms with Crippen LogP contribution in [-0.2, 0) is 4.79 Å². The van der Waals surface area contributed by atoms with Gasteiger partial charge >= 0.3 is 0 Å². The number of amides is 1. The standard InChI is InChI=1S/C29H31Cl2N5OS.C2H4O2/c1-34(29(37)25-15-22(16-32)33-28-5-3-2-4-24(25)28)17-21(20-6-7-26(30)27(31)14-20)8-9-35-18-23(19-35)36-10-12-38-13-11-36;1-2(3)4/h2-7,14-15,21,23H,8-13,17-19H2,1H3;1H3,(H,3,4)/t21-;/m1./s1. The molecule has 0 bridgehead atoms. The van der Waals surface area contributed by atoms with Gasteiger partial charge in [-0.25, -0.2) is 4.98 Å². The van der Waals surface area contributed by atoms with E-state index >= 15 is 0 Å². The number of thioether (sulfide) groups is 1. The first-order chi connectivity index (χ1) is 20.2. The Kier molecular flexibility index (Phi) is 11.5. The molecule has 0 aliphatic carbocycles. The number of likely N-dealkylation sites (tertiary alicyclic amines) is 1. The van der Waals surface area contributed by atoms with E-state index in [2.05, 4.69) is 20.9 Å². The lowest BCUT2D eigenvalue weighted by Crippen LogP contribution is -2.61. The van der Waals surface area contributed by atoms with E-state index in [4.69, 9.17) is 33.1 Å². The summed E-state index contributed by atoms with van der Waals surface area (Å²) in [7, 11) is 1.82. The summed E-state index contributed by atoms with van der Waals surface area (Å²) in [6, 6.07) is 17.6. The van der Waals surface area contributed by atoms with Gasteiger partial charge in [-0.05, 0) is 42.8 Å². The van der Waals surface area contributed by atoms with Crippen molar-refractivity contribution in [2.75, 3.05) is 57.8 Å². The molecule has 1 amide bonds. The molecule has 0 saturated carbocycles. The molecule has 1 aromatic heterocycles. The third kappa shape index (κ3) is 8.36. The topological polar surface area (TPSA) is 101 Å². The van der Waals surface area contributed by atoms with E-state index in [1.807, 2.05) is 61.3 Å². The van der Waals surface area contributed by atoms with Crippen LogP contribution < -0.4 is 0 Å². The van der Waals surface area contributed by atoms with Gasteiger partial charge in [0.15, 0.2) is 0 Å². The summed E-state index contributed by atoms with van der Waals surface area (Å²) in [5.74, 6) is 1.60. The summed E-state index contributed by atoms with van der Waals surface area (Å²) >= 11 is 14.6. The predicted octanol–water partition coefficient (Wildman–Crippen LogP) is 5.48. The van der Waals surface area contributed by atoms with Gasteiger partial charge in [0, 0.05) is 75.5 Å². The maximum Gasteiger partial charge on any atom is 0.300 e. The zero-order valence-corrected chi connectivity index (χ0v) is 26.1. The molecule has 0 unspecified atom stereocenters. The average Bonchev–Trinajstić information content (AvgIpc) is 2.96. The first-order valence-corrected chi connectivity index (χ1v) is 15.8. The molecule has 0 radical (unpaired) electrons. The normalized spacial score (nSPS) is 16.5. The first-order valence-electron chi connectivity index (χ1n) is 13.9. The fourth-order valence-electron chi connectivity index (χ4n) is 5.40. The van der Waals surface area contributed by atoms with Gasteiger partial charge in [0.05, 0.1) is 21.1 Å². The second-order valence-corrected chi connectivity index (χ2v) is 12.6. The number of benzene rings is 2. The number of rotatable bonds is 8. The summed E-state index contributed by atoms with van der Waals surface area (Å²) in [4.78, 5) is 33.9. The molecule has 2 aromatic carbocycles. The number of aliphatic carboxylic acids is 1. The SMILES string of the molecule is CC(=O)O.CN(C[C@@H](CCN1CC(N2CCSCC2)C1)c1ccc(Cl)c(Cl)c1)C(=O)c1cc(C#N)nc2ccccc12. The highest BCUT2D eigenvalue weighted by Crippen LogP contribution is 2.30. The Bertz CT molecular complexity index is 1450. The monoisotopic (exact) mass is 627 g/mol. The van der Waals surface area contributed by atoms with E-state index in [9.17, 15) is 10.1 Å². The van der Waals surface area contributed by atoms with Crippen molar-refractivity contribution in [2.24, 2.45) is 0 Å². The molecule has 3 aromatic rings. The molecule has 222 valence electrons. The van der Waals surface area contributed by atoms with Crippen molar-refractivity contribution >= 4 is 57.7 Å². The van der Waals surface area contributed by atoms with Gasteiger partial charge in [-0.2, -0.15) is 17.0 Å². The van der Waals surface area contributed by atoms with Gasteiger partial charge in [-0.1, -0.05) is 47.5 Å². The van der Waals surface area contributed by atoms with Crippen LogP contribution in [0.15, 0.2) is 48.5 Å². The van der Waals surface area contributed by atoms with Crippen molar-refractivity contribution in [1.29, 1.82) is 5.26 Å². The summed E-state index contributed by atoms with van der Waals surface area (Å²) in [6.45, 7) is 7.16. The summed E-state index contributed by atoms with van der Waals surface area (Å²) in [6.07, 6.45) is 0.901. The Morgan fingerprint density at radius 1 is 1.14 bits per heavy atom. The molecule has 3 heterocycles. The van der Waals surface area contributed by atoms with Gasteiger partial charge in [-0.15, -0.1) is 0 Å². The number of pyridine rings is 1. The number of carbonyl (C=O) groups is 2. The highest BCUT2D eigenvalue weighted by molar-refractivity contribution is 7.99. The first kappa shape index (κ1) is 32.1. The van der Waals surface area contributed by atoms with Crippen LogP contribution in [0.25, 0.3) is 10.9 Å². The van der Waals surface area contributed by atoms with Gasteiger partial charge in [0.2, 0.25) is 0 Å². The maximum atomic E-state index is 13.7. The van der Waals surface area contributed by atoms with Crippen molar-refractivity contribution in [3.63, 3.8) is 0 Å². The fourth-order valence-corrected chi connectivity index (χ4v) is 6.63. The second kappa shape index (κ2) is 15.0. The highest BCUT2D eigenvalue weighted by atomic mass is 35.5. The molecule has 8 nitrogen and oxygen atoms in total. The lowest BCUT2D eigenvalue weighted by molar-refractivity contribution is -0.134. The van der Waals surface area contributed by atoms with Crippen LogP contribution in [0.1, 0.15) is 40.9 Å². The summed E-state index contributed by atoms with van der Waals surface area (Å²) in [5.41, 5.74) is 2.44. The fraction of sp³-hybridized carbons (Fsp3) is 0.419. The molecule has 2 fully saturated rings. The molecule has 0 spiro atoms. The number of nitriles is 1. The van der Waals surface area contributed by atoms with Gasteiger partial charge in [0.1, 0.15) is 11.8 Å². The van der Waals surface area contributed by atoms with E-state index in [1.54, 1.807) is 11.0 Å². The minimum Gasteiger partial charge on any atom is -0.481 e. The van der Waals surface area contributed by atoms with Crippen LogP contribution in [0.5, 0.6) is 0 Å². The molecule has 11 heteroatoms. The second-order valence-electron chi connectivity index (χ2n) is 10.6. The van der Waals surface area contributed by atoms with Crippen molar-refractivity contribution in [1.82, 2.24) is 19.7 Å². The Balaban J connectivity index is 0.000000952. The zero-order valence-electron chi connectivity index (χ0n) is 23.8. The average molecular weight is 629 g/mol. The van der Waals surface area contributed by atoms with Gasteiger partial charge < -0.3 is 14.9 Å². The number of carboxylic acids is 1. The summed E-state index contributed by atoms with van der Waals surface area (Å²) < 4.78 is 0. The van der Waals surface area contributed by atoms with Gasteiger partial charge in [0.25, 0.3) is 11.9 Å². The number of carboxylic acid groups (broad SMARTS) is 1. The van der Waals surface area contributed by atoms with E-state index in [0.717, 1.165) is 43.9 Å². The van der Waals surface area contributed by atoms with Crippen molar-refractivity contribution in [2.45, 2.75) is 25.3 Å². The quantitative estimate of drug-likeness (QED) is 0.350. The number of para-hydroxylation sites is 1. The molecular weight excluding hydrogens is 593 g/mol. The number of carbonyl (C=O) groups excluding carboxylic acids is 1. The molecule has 42 heavy (non-hydrogen) atoms. The number of hydrogen-bond acceptors (Lipinski definition) is 7. The molecule has 2 aliphatic heterocycles. The summed E-state index contributed by atoms with van der Waals surface area (Å²) in [5, 5.41) is 18.7. The minimum absolute atomic E-state index is 0.0905. The van der Waals surface area contributed by atoms with Crippen LogP contribution in [0.4, 0.5) is 0 Å². The van der Waals surface area contributed by atoms with Gasteiger partial charge in [-0.3, -0.25) is 14.5 Å². The number of fused-ring (bicyclic) bond motifs is 1. The third-order valence-electron chi connectivity index (χ3n) is 7.61. The minimum atomic E-state index is -0.833. The molecule has 5 rings (SSSR count). The molecule has 2 aliphatic rings. The number of hydrogen-bond donors (Lipinski definition) is 1. The number of aromatic nitrogens is 1. The zero-order chi connectivity index (χ0) is 30.2. The van der Waals surface area contributed by atoms with Crippen molar-refractivity contribution in [3.05, 3.63) is 75.4 Å². The highest BCUT2D eigenvalue weighted by Gasteiger charge is 2.33. The number of nitrogens with zero attached hydrogens (tertiary/aromatic N) is 5. The van der Waals surface area contributed by atoms with Crippen molar-refractivity contribution in [3.8, 4) is 6.07 Å². The van der Waals surface area contributed by atoms with Crippen LogP contribution >= 0.6 is 35.0 Å². The molecule has 2 saturated heterocycles. The van der Waals surface area contributed by atoms with Crippen LogP contribution in [-0.4, -0.2) is 101 Å². The van der Waals surface area contributed by atoms with E-state index in [-0.39, 0.29) is 17.5 Å². The number of halogens is 2. The molecular formula is C31H35Cl2N5O3S. The Morgan fingerprint density at radius 3 is 2.50 bits per heavy atom. The maximum absolute atomic E-state index is 13.7. The van der Waals surface area contributed by atoms with E-state index in [1.165, 1.54) is 24.6 Å².